The van der Waals surface area contributed by atoms with Crippen molar-refractivity contribution in [3.05, 3.63) is 29.6 Å². The van der Waals surface area contributed by atoms with Gasteiger partial charge in [0.15, 0.2) is 5.96 Å². The summed E-state index contributed by atoms with van der Waals surface area (Å²) in [6, 6.07) is 4.18. The first kappa shape index (κ1) is 16.8. The third kappa shape index (κ3) is 7.38. The van der Waals surface area contributed by atoms with Gasteiger partial charge in [0.1, 0.15) is 0 Å². The normalized spacial score (nSPS) is 11.4. The molecule has 0 fully saturated rings. The summed E-state index contributed by atoms with van der Waals surface area (Å²) in [6.45, 7) is 3.85. The van der Waals surface area contributed by atoms with Crippen molar-refractivity contribution in [2.45, 2.75) is 26.2 Å². The van der Waals surface area contributed by atoms with E-state index in [4.69, 9.17) is 0 Å². The zero-order valence-corrected chi connectivity index (χ0v) is 13.6. The van der Waals surface area contributed by atoms with Crippen LogP contribution in [-0.4, -0.2) is 43.1 Å². The lowest BCUT2D eigenvalue weighted by Crippen LogP contribution is -2.38. The maximum absolute atomic E-state index is 4.30. The first-order valence-corrected chi connectivity index (χ1v) is 8.50. The first-order chi connectivity index (χ1) is 9.76. The molecule has 1 heterocycles. The lowest BCUT2D eigenvalue weighted by molar-refractivity contribution is 0.730. The maximum atomic E-state index is 4.30. The number of aliphatic imine (C=N–C) groups is 1. The van der Waals surface area contributed by atoms with Crippen LogP contribution >= 0.6 is 11.8 Å². The highest BCUT2D eigenvalue weighted by Crippen LogP contribution is 1.99. The van der Waals surface area contributed by atoms with Gasteiger partial charge >= 0.3 is 0 Å². The van der Waals surface area contributed by atoms with Gasteiger partial charge < -0.3 is 10.6 Å². The zero-order valence-electron chi connectivity index (χ0n) is 12.8. The smallest absolute Gasteiger partial charge is 0.190 e. The quantitative estimate of drug-likeness (QED) is 0.438. The second-order valence-electron chi connectivity index (χ2n) is 4.68. The van der Waals surface area contributed by atoms with Crippen molar-refractivity contribution in [3.63, 3.8) is 0 Å². The van der Waals surface area contributed by atoms with Gasteiger partial charge in [-0.2, -0.15) is 11.8 Å². The van der Waals surface area contributed by atoms with E-state index in [1.54, 1.807) is 0 Å². The highest BCUT2D eigenvalue weighted by Gasteiger charge is 1.98. The number of guanidine groups is 1. The van der Waals surface area contributed by atoms with Crippen molar-refractivity contribution >= 4 is 17.7 Å². The minimum Gasteiger partial charge on any atom is -0.356 e. The number of pyridine rings is 1. The van der Waals surface area contributed by atoms with Crippen LogP contribution in [0.3, 0.4) is 0 Å². The minimum atomic E-state index is 0.870. The molecule has 0 bridgehead atoms. The zero-order chi connectivity index (χ0) is 14.6. The molecule has 0 aliphatic carbocycles. The summed E-state index contributed by atoms with van der Waals surface area (Å²) in [6.07, 6.45) is 7.48. The molecule has 0 atom stereocenters. The van der Waals surface area contributed by atoms with Crippen LogP contribution in [0.1, 0.15) is 24.1 Å². The molecule has 0 amide bonds. The molecular weight excluding hydrogens is 268 g/mol. The summed E-state index contributed by atoms with van der Waals surface area (Å²) in [5, 5.41) is 6.67. The molecule has 0 spiro atoms. The van der Waals surface area contributed by atoms with E-state index in [-0.39, 0.29) is 0 Å². The summed E-state index contributed by atoms with van der Waals surface area (Å²) >= 11 is 1.90. The first-order valence-electron chi connectivity index (χ1n) is 7.11. The van der Waals surface area contributed by atoms with Crippen LogP contribution < -0.4 is 10.6 Å². The molecule has 1 aromatic rings. The van der Waals surface area contributed by atoms with Gasteiger partial charge in [0.2, 0.25) is 0 Å². The summed E-state index contributed by atoms with van der Waals surface area (Å²) in [5.41, 5.74) is 2.31. The average molecular weight is 294 g/mol. The molecule has 0 saturated carbocycles. The number of rotatable bonds is 8. The van der Waals surface area contributed by atoms with E-state index in [0.29, 0.717) is 0 Å². The van der Waals surface area contributed by atoms with Gasteiger partial charge in [0.25, 0.3) is 0 Å². The van der Waals surface area contributed by atoms with E-state index < -0.39 is 0 Å². The number of aryl methyl sites for hydroxylation is 1. The SMILES string of the molecule is CN=C(NCCCCSC)NCCc1ccc(C)nc1. The monoisotopic (exact) mass is 294 g/mol. The van der Waals surface area contributed by atoms with E-state index in [2.05, 4.69) is 32.9 Å². The third-order valence-corrected chi connectivity index (χ3v) is 3.67. The average Bonchev–Trinajstić information content (AvgIpc) is 2.47. The Kier molecular flexibility index (Phi) is 8.87. The van der Waals surface area contributed by atoms with Gasteiger partial charge in [-0.25, -0.2) is 0 Å². The predicted molar refractivity (Wildman–Crippen MR) is 89.7 cm³/mol. The van der Waals surface area contributed by atoms with Gasteiger partial charge in [-0.05, 0) is 49.8 Å². The van der Waals surface area contributed by atoms with E-state index in [1.165, 1.54) is 24.2 Å². The molecule has 112 valence electrons. The van der Waals surface area contributed by atoms with Crippen molar-refractivity contribution < 1.29 is 0 Å². The Bertz CT molecular complexity index is 389. The maximum Gasteiger partial charge on any atom is 0.190 e. The molecule has 1 aromatic heterocycles. The van der Waals surface area contributed by atoms with Crippen LogP contribution in [0.5, 0.6) is 0 Å². The van der Waals surface area contributed by atoms with Crippen LogP contribution in [0.15, 0.2) is 23.3 Å². The molecule has 0 aliphatic heterocycles. The molecule has 0 radical (unpaired) electrons. The van der Waals surface area contributed by atoms with Crippen LogP contribution in [0.4, 0.5) is 0 Å². The van der Waals surface area contributed by atoms with Crippen LogP contribution in [0, 0.1) is 6.92 Å². The van der Waals surface area contributed by atoms with Crippen molar-refractivity contribution in [1.82, 2.24) is 15.6 Å². The number of unbranched alkanes of at least 4 members (excludes halogenated alkanes) is 1. The Balaban J connectivity index is 2.16. The van der Waals surface area contributed by atoms with Gasteiger partial charge in [-0.3, -0.25) is 9.98 Å². The highest BCUT2D eigenvalue weighted by atomic mass is 32.2. The topological polar surface area (TPSA) is 49.3 Å². The molecular formula is C15H26N4S. The number of nitrogens with one attached hydrogen (secondary N) is 2. The van der Waals surface area contributed by atoms with E-state index >= 15 is 0 Å². The molecule has 0 unspecified atom stereocenters. The molecule has 5 heteroatoms. The number of hydrogen-bond acceptors (Lipinski definition) is 3. The fraction of sp³-hybridized carbons (Fsp3) is 0.600. The summed E-state index contributed by atoms with van der Waals surface area (Å²) in [4.78, 5) is 8.52. The Labute approximate surface area is 126 Å². The standard InChI is InChI=1S/C15H26N4S/c1-13-6-7-14(12-19-13)8-10-18-15(16-2)17-9-4-5-11-20-3/h6-7,12H,4-5,8-11H2,1-3H3,(H2,16,17,18). The third-order valence-electron chi connectivity index (χ3n) is 2.97. The van der Waals surface area contributed by atoms with Crippen LogP contribution in [-0.2, 0) is 6.42 Å². The largest absolute Gasteiger partial charge is 0.356 e. The Morgan fingerprint density at radius 1 is 1.25 bits per heavy atom. The lowest BCUT2D eigenvalue weighted by atomic mass is 10.2. The summed E-state index contributed by atoms with van der Waals surface area (Å²) in [5.74, 6) is 2.11. The van der Waals surface area contributed by atoms with Gasteiger partial charge in [-0.15, -0.1) is 0 Å². The van der Waals surface area contributed by atoms with Gasteiger partial charge in [-0.1, -0.05) is 6.07 Å². The predicted octanol–water partition coefficient (Wildman–Crippen LogP) is 2.24. The van der Waals surface area contributed by atoms with Gasteiger partial charge in [0, 0.05) is 32.0 Å². The number of hydrogen-bond donors (Lipinski definition) is 2. The van der Waals surface area contributed by atoms with E-state index in [9.17, 15) is 0 Å². The molecule has 0 aromatic carbocycles. The van der Waals surface area contributed by atoms with Crippen LogP contribution in [0.25, 0.3) is 0 Å². The molecule has 20 heavy (non-hydrogen) atoms. The van der Waals surface area contributed by atoms with Crippen molar-refractivity contribution in [3.8, 4) is 0 Å². The Morgan fingerprint density at radius 3 is 2.70 bits per heavy atom. The highest BCUT2D eigenvalue weighted by molar-refractivity contribution is 7.98. The molecule has 2 N–H and O–H groups in total. The van der Waals surface area contributed by atoms with Crippen molar-refractivity contribution in [1.29, 1.82) is 0 Å². The Hall–Kier alpha value is -1.23. The number of aromatic nitrogens is 1. The Morgan fingerprint density at radius 2 is 2.05 bits per heavy atom. The second-order valence-corrected chi connectivity index (χ2v) is 5.67. The summed E-state index contributed by atoms with van der Waals surface area (Å²) in [7, 11) is 1.81. The fourth-order valence-electron chi connectivity index (χ4n) is 1.77. The van der Waals surface area contributed by atoms with E-state index in [1.807, 2.05) is 38.0 Å². The van der Waals surface area contributed by atoms with Crippen LogP contribution in [0.2, 0.25) is 0 Å². The molecule has 0 aliphatic rings. The van der Waals surface area contributed by atoms with E-state index in [0.717, 1.165) is 31.2 Å². The summed E-state index contributed by atoms with van der Waals surface area (Å²) < 4.78 is 0. The fourth-order valence-corrected chi connectivity index (χ4v) is 2.26. The van der Waals surface area contributed by atoms with Crippen molar-refractivity contribution in [2.24, 2.45) is 4.99 Å². The number of thioether (sulfide) groups is 1. The van der Waals surface area contributed by atoms with Crippen molar-refractivity contribution in [2.75, 3.05) is 32.1 Å². The minimum absolute atomic E-state index is 0.870. The molecule has 0 saturated heterocycles. The second kappa shape index (κ2) is 10.5. The molecule has 4 nitrogen and oxygen atoms in total. The van der Waals surface area contributed by atoms with Gasteiger partial charge in [0.05, 0.1) is 0 Å². The lowest BCUT2D eigenvalue weighted by Gasteiger charge is -2.11. The number of nitrogens with zero attached hydrogens (tertiary/aromatic N) is 2. The molecule has 1 rings (SSSR count).